The number of fused-ring (bicyclic) bond motifs is 1. The number of ether oxygens (including phenoxy) is 2. The lowest BCUT2D eigenvalue weighted by molar-refractivity contribution is 0.118. The number of rotatable bonds is 4. The van der Waals surface area contributed by atoms with E-state index in [-0.39, 0.29) is 12.1 Å². The first-order valence-corrected chi connectivity index (χ1v) is 7.12. The maximum absolute atomic E-state index is 11.7. The molecule has 3 amide bonds. The van der Waals surface area contributed by atoms with Gasteiger partial charge in [0, 0.05) is 32.4 Å². The molecule has 1 aromatic carbocycles. The normalized spacial score (nSPS) is 13.3. The molecule has 1 aromatic rings. The first-order chi connectivity index (χ1) is 10.6. The number of nitrogens with zero attached hydrogens (tertiary/aromatic N) is 1. The molecule has 1 aliphatic rings. The minimum absolute atomic E-state index is 0.280. The second-order valence-electron chi connectivity index (χ2n) is 5.00. The summed E-state index contributed by atoms with van der Waals surface area (Å²) in [5.74, 6) is 0. The Kier molecular flexibility index (Phi) is 5.60. The maximum atomic E-state index is 11.7. The van der Waals surface area contributed by atoms with Crippen molar-refractivity contribution >= 4 is 17.8 Å². The van der Waals surface area contributed by atoms with Crippen LogP contribution in [0.25, 0.3) is 0 Å². The standard InChI is InChI=1S/C15H21N3O4/c1-21-8-6-16-14(19)17-13-4-3-11-5-7-18(15(20)22-2)10-12(11)9-13/h3-4,9H,5-8,10H2,1-2H3,(H2,16,17,19). The van der Waals surface area contributed by atoms with Crippen LogP contribution in [0.4, 0.5) is 15.3 Å². The van der Waals surface area contributed by atoms with Crippen molar-refractivity contribution in [2.45, 2.75) is 13.0 Å². The highest BCUT2D eigenvalue weighted by molar-refractivity contribution is 5.89. The van der Waals surface area contributed by atoms with E-state index in [1.165, 1.54) is 12.7 Å². The summed E-state index contributed by atoms with van der Waals surface area (Å²) in [5, 5.41) is 5.46. The predicted octanol–water partition coefficient (Wildman–Crippen LogP) is 1.58. The number of anilines is 1. The molecular formula is C15H21N3O4. The van der Waals surface area contributed by atoms with Gasteiger partial charge in [0.1, 0.15) is 0 Å². The number of benzene rings is 1. The highest BCUT2D eigenvalue weighted by atomic mass is 16.5. The van der Waals surface area contributed by atoms with Gasteiger partial charge >= 0.3 is 12.1 Å². The van der Waals surface area contributed by atoms with E-state index in [4.69, 9.17) is 9.47 Å². The maximum Gasteiger partial charge on any atom is 0.409 e. The first kappa shape index (κ1) is 16.1. The summed E-state index contributed by atoms with van der Waals surface area (Å²) in [6.45, 7) is 2.04. The molecule has 7 heteroatoms. The minimum atomic E-state index is -0.332. The van der Waals surface area contributed by atoms with Crippen molar-refractivity contribution in [2.24, 2.45) is 0 Å². The Morgan fingerprint density at radius 3 is 2.82 bits per heavy atom. The number of hydrogen-bond donors (Lipinski definition) is 2. The van der Waals surface area contributed by atoms with E-state index in [0.29, 0.717) is 31.9 Å². The van der Waals surface area contributed by atoms with Crippen molar-refractivity contribution in [1.29, 1.82) is 0 Å². The van der Waals surface area contributed by atoms with Gasteiger partial charge in [-0.2, -0.15) is 0 Å². The van der Waals surface area contributed by atoms with Crippen molar-refractivity contribution < 1.29 is 19.1 Å². The van der Waals surface area contributed by atoms with Crippen LogP contribution < -0.4 is 10.6 Å². The smallest absolute Gasteiger partial charge is 0.409 e. The molecule has 120 valence electrons. The van der Waals surface area contributed by atoms with Gasteiger partial charge in [0.05, 0.1) is 13.7 Å². The van der Waals surface area contributed by atoms with E-state index < -0.39 is 0 Å². The molecule has 0 aromatic heterocycles. The Morgan fingerprint density at radius 1 is 1.27 bits per heavy atom. The van der Waals surface area contributed by atoms with E-state index in [1.54, 1.807) is 12.0 Å². The number of nitrogens with one attached hydrogen (secondary N) is 2. The van der Waals surface area contributed by atoms with Gasteiger partial charge in [-0.1, -0.05) is 6.07 Å². The van der Waals surface area contributed by atoms with E-state index in [0.717, 1.165) is 12.0 Å². The number of hydrogen-bond acceptors (Lipinski definition) is 4. The lowest BCUT2D eigenvalue weighted by atomic mass is 9.99. The average Bonchev–Trinajstić information content (AvgIpc) is 2.53. The highest BCUT2D eigenvalue weighted by Gasteiger charge is 2.21. The zero-order valence-electron chi connectivity index (χ0n) is 12.8. The fourth-order valence-electron chi connectivity index (χ4n) is 2.36. The van der Waals surface area contributed by atoms with Gasteiger partial charge in [-0.25, -0.2) is 9.59 Å². The van der Waals surface area contributed by atoms with Crippen LogP contribution in [0.1, 0.15) is 11.1 Å². The zero-order valence-corrected chi connectivity index (χ0v) is 12.8. The fraction of sp³-hybridized carbons (Fsp3) is 0.467. The number of amides is 3. The van der Waals surface area contributed by atoms with Crippen LogP contribution in [0, 0.1) is 0 Å². The number of carbonyl (C=O) groups excluding carboxylic acids is 2. The summed E-state index contributed by atoms with van der Waals surface area (Å²) in [6.07, 6.45) is 0.450. The van der Waals surface area contributed by atoms with Gasteiger partial charge in [0.15, 0.2) is 0 Å². The molecule has 0 atom stereocenters. The molecule has 22 heavy (non-hydrogen) atoms. The number of urea groups is 1. The summed E-state index contributed by atoms with van der Waals surface area (Å²) in [6, 6.07) is 5.45. The molecule has 0 saturated heterocycles. The summed E-state index contributed by atoms with van der Waals surface area (Å²) >= 11 is 0. The average molecular weight is 307 g/mol. The molecule has 0 spiro atoms. The lowest BCUT2D eigenvalue weighted by Gasteiger charge is -2.28. The van der Waals surface area contributed by atoms with E-state index >= 15 is 0 Å². The van der Waals surface area contributed by atoms with E-state index in [1.807, 2.05) is 18.2 Å². The molecule has 0 fully saturated rings. The second kappa shape index (κ2) is 7.65. The fourth-order valence-corrected chi connectivity index (χ4v) is 2.36. The third-order valence-corrected chi connectivity index (χ3v) is 3.50. The molecule has 7 nitrogen and oxygen atoms in total. The van der Waals surface area contributed by atoms with Gasteiger partial charge < -0.3 is 25.0 Å². The van der Waals surface area contributed by atoms with Crippen LogP contribution in [0.2, 0.25) is 0 Å². The van der Waals surface area contributed by atoms with Crippen molar-refractivity contribution in [1.82, 2.24) is 10.2 Å². The monoisotopic (exact) mass is 307 g/mol. The Balaban J connectivity index is 1.98. The van der Waals surface area contributed by atoms with Crippen LogP contribution in [-0.4, -0.2) is 50.9 Å². The highest BCUT2D eigenvalue weighted by Crippen LogP contribution is 2.23. The van der Waals surface area contributed by atoms with Gasteiger partial charge in [-0.3, -0.25) is 0 Å². The molecule has 2 N–H and O–H groups in total. The molecule has 2 rings (SSSR count). The summed E-state index contributed by atoms with van der Waals surface area (Å²) in [4.78, 5) is 25.0. The molecule has 0 saturated carbocycles. The van der Waals surface area contributed by atoms with E-state index in [9.17, 15) is 9.59 Å². The summed E-state index contributed by atoms with van der Waals surface area (Å²) in [5.41, 5.74) is 2.90. The third kappa shape index (κ3) is 4.11. The second-order valence-corrected chi connectivity index (χ2v) is 5.00. The van der Waals surface area contributed by atoms with Crippen LogP contribution in [0.3, 0.4) is 0 Å². The van der Waals surface area contributed by atoms with Gasteiger partial charge in [-0.05, 0) is 29.7 Å². The van der Waals surface area contributed by atoms with Crippen molar-refractivity contribution in [3.05, 3.63) is 29.3 Å². The zero-order chi connectivity index (χ0) is 15.9. The number of carbonyl (C=O) groups is 2. The topological polar surface area (TPSA) is 79.9 Å². The largest absolute Gasteiger partial charge is 0.453 e. The Bertz CT molecular complexity index is 548. The summed E-state index contributed by atoms with van der Waals surface area (Å²) in [7, 11) is 2.95. The van der Waals surface area contributed by atoms with E-state index in [2.05, 4.69) is 10.6 Å². The molecule has 1 heterocycles. The minimum Gasteiger partial charge on any atom is -0.453 e. The van der Waals surface area contributed by atoms with Crippen LogP contribution in [0.15, 0.2) is 18.2 Å². The third-order valence-electron chi connectivity index (χ3n) is 3.50. The molecule has 0 aliphatic carbocycles. The van der Waals surface area contributed by atoms with Crippen molar-refractivity contribution in [2.75, 3.05) is 39.2 Å². The van der Waals surface area contributed by atoms with Gasteiger partial charge in [-0.15, -0.1) is 0 Å². The predicted molar refractivity (Wildman–Crippen MR) is 81.9 cm³/mol. The van der Waals surface area contributed by atoms with Crippen molar-refractivity contribution in [3.8, 4) is 0 Å². The van der Waals surface area contributed by atoms with Gasteiger partial charge in [0.25, 0.3) is 0 Å². The Hall–Kier alpha value is -2.28. The first-order valence-electron chi connectivity index (χ1n) is 7.12. The molecule has 0 radical (unpaired) electrons. The SMILES string of the molecule is COCCNC(=O)Nc1ccc2c(c1)CN(C(=O)OC)CC2. The summed E-state index contributed by atoms with van der Waals surface area (Å²) < 4.78 is 9.62. The van der Waals surface area contributed by atoms with Gasteiger partial charge in [0.2, 0.25) is 0 Å². The van der Waals surface area contributed by atoms with Crippen LogP contribution in [0.5, 0.6) is 0 Å². The van der Waals surface area contributed by atoms with Crippen LogP contribution >= 0.6 is 0 Å². The molecule has 0 bridgehead atoms. The van der Waals surface area contributed by atoms with Crippen LogP contribution in [-0.2, 0) is 22.4 Å². The van der Waals surface area contributed by atoms with Crippen molar-refractivity contribution in [3.63, 3.8) is 0 Å². The molecular weight excluding hydrogens is 286 g/mol. The lowest BCUT2D eigenvalue weighted by Crippen LogP contribution is -2.36. The molecule has 0 unspecified atom stereocenters. The number of methoxy groups -OCH3 is 2. The molecule has 1 aliphatic heterocycles. The Labute approximate surface area is 129 Å². The Morgan fingerprint density at radius 2 is 2.09 bits per heavy atom. The quantitative estimate of drug-likeness (QED) is 0.828.